The van der Waals surface area contributed by atoms with Crippen molar-refractivity contribution in [1.29, 1.82) is 0 Å². The molecule has 0 unspecified atom stereocenters. The van der Waals surface area contributed by atoms with Gasteiger partial charge in [-0.3, -0.25) is 9.52 Å². The Morgan fingerprint density at radius 2 is 1.86 bits per heavy atom. The quantitative estimate of drug-likeness (QED) is 0.641. The van der Waals surface area contributed by atoms with Gasteiger partial charge in [-0.2, -0.15) is 0 Å². The standard InChI is InChI=1S/C20H18FN3O4S/c1-13-6-8-17(11-18(13)21)29(26,27)24-15-5-3-4-14(10-15)20(25)23-16-7-9-19(28-2)22-12-16/h3-12,24H,1-2H3,(H,23,25). The number of rotatable bonds is 6. The Hall–Kier alpha value is -3.46. The number of carbonyl (C=O) groups excluding carboxylic acids is 1. The van der Waals surface area contributed by atoms with Crippen molar-refractivity contribution in [3.05, 3.63) is 77.7 Å². The molecule has 0 radical (unpaired) electrons. The number of ether oxygens (including phenoxy) is 1. The third kappa shape index (κ3) is 4.88. The predicted octanol–water partition coefficient (Wildman–Crippen LogP) is 3.59. The fraction of sp³-hybridized carbons (Fsp3) is 0.100. The van der Waals surface area contributed by atoms with Gasteiger partial charge < -0.3 is 10.1 Å². The summed E-state index contributed by atoms with van der Waals surface area (Å²) in [6.07, 6.45) is 1.44. The van der Waals surface area contributed by atoms with Crippen LogP contribution >= 0.6 is 0 Å². The third-order valence-electron chi connectivity index (χ3n) is 4.03. The monoisotopic (exact) mass is 415 g/mol. The smallest absolute Gasteiger partial charge is 0.261 e. The Balaban J connectivity index is 1.77. The van der Waals surface area contributed by atoms with Gasteiger partial charge in [0.05, 0.1) is 23.9 Å². The van der Waals surface area contributed by atoms with Crippen LogP contribution in [-0.2, 0) is 10.0 Å². The first-order valence-corrected chi connectivity index (χ1v) is 9.97. The van der Waals surface area contributed by atoms with Crippen LogP contribution in [0.4, 0.5) is 15.8 Å². The molecule has 0 saturated carbocycles. The molecular formula is C20H18FN3O4S. The van der Waals surface area contributed by atoms with E-state index in [-0.39, 0.29) is 16.1 Å². The van der Waals surface area contributed by atoms with E-state index in [9.17, 15) is 17.6 Å². The van der Waals surface area contributed by atoms with E-state index < -0.39 is 21.7 Å². The lowest BCUT2D eigenvalue weighted by atomic mass is 10.2. The van der Waals surface area contributed by atoms with E-state index >= 15 is 0 Å². The van der Waals surface area contributed by atoms with Gasteiger partial charge in [0.15, 0.2) is 0 Å². The van der Waals surface area contributed by atoms with Crippen molar-refractivity contribution < 1.29 is 22.3 Å². The Morgan fingerprint density at radius 1 is 1.07 bits per heavy atom. The van der Waals surface area contributed by atoms with Crippen molar-refractivity contribution in [2.75, 3.05) is 17.1 Å². The predicted molar refractivity (Wildman–Crippen MR) is 107 cm³/mol. The number of pyridine rings is 1. The summed E-state index contributed by atoms with van der Waals surface area (Å²) in [6.45, 7) is 1.54. The summed E-state index contributed by atoms with van der Waals surface area (Å²) in [7, 11) is -2.52. The maximum atomic E-state index is 13.7. The van der Waals surface area contributed by atoms with Crippen molar-refractivity contribution in [3.8, 4) is 5.88 Å². The molecule has 2 aromatic carbocycles. The zero-order valence-electron chi connectivity index (χ0n) is 15.6. The van der Waals surface area contributed by atoms with Crippen molar-refractivity contribution in [3.63, 3.8) is 0 Å². The van der Waals surface area contributed by atoms with Crippen LogP contribution in [-0.4, -0.2) is 26.4 Å². The zero-order chi connectivity index (χ0) is 21.0. The molecule has 1 amide bonds. The Bertz CT molecular complexity index is 1150. The van der Waals surface area contributed by atoms with Crippen LogP contribution in [0.1, 0.15) is 15.9 Å². The summed E-state index contributed by atoms with van der Waals surface area (Å²) in [5, 5.41) is 2.66. The number of amides is 1. The van der Waals surface area contributed by atoms with Gasteiger partial charge in [0, 0.05) is 17.3 Å². The van der Waals surface area contributed by atoms with Gasteiger partial charge in [-0.25, -0.2) is 17.8 Å². The molecular weight excluding hydrogens is 397 g/mol. The molecule has 0 spiro atoms. The molecule has 2 N–H and O–H groups in total. The first-order chi connectivity index (χ1) is 13.8. The topological polar surface area (TPSA) is 97.4 Å². The van der Waals surface area contributed by atoms with Gasteiger partial charge in [-0.1, -0.05) is 12.1 Å². The number of carbonyl (C=O) groups is 1. The van der Waals surface area contributed by atoms with Crippen LogP contribution in [0.3, 0.4) is 0 Å². The highest BCUT2D eigenvalue weighted by atomic mass is 32.2. The molecule has 3 rings (SSSR count). The largest absolute Gasteiger partial charge is 0.481 e. The number of aryl methyl sites for hydroxylation is 1. The van der Waals surface area contributed by atoms with Crippen LogP contribution in [0, 0.1) is 12.7 Å². The number of nitrogens with one attached hydrogen (secondary N) is 2. The van der Waals surface area contributed by atoms with E-state index in [0.29, 0.717) is 17.1 Å². The number of anilines is 2. The average Bonchev–Trinajstić information content (AvgIpc) is 2.70. The lowest BCUT2D eigenvalue weighted by Crippen LogP contribution is -2.15. The number of halogens is 1. The number of hydrogen-bond donors (Lipinski definition) is 2. The van der Waals surface area contributed by atoms with Gasteiger partial charge in [-0.15, -0.1) is 0 Å². The summed E-state index contributed by atoms with van der Waals surface area (Å²) in [5.74, 6) is -0.652. The Labute approximate surface area is 167 Å². The van der Waals surface area contributed by atoms with Crippen molar-refractivity contribution in [1.82, 2.24) is 4.98 Å². The van der Waals surface area contributed by atoms with Gasteiger partial charge >= 0.3 is 0 Å². The minimum absolute atomic E-state index is 0.173. The minimum Gasteiger partial charge on any atom is -0.481 e. The molecule has 150 valence electrons. The average molecular weight is 415 g/mol. The maximum absolute atomic E-state index is 13.7. The second-order valence-corrected chi connectivity index (χ2v) is 7.82. The molecule has 9 heteroatoms. The van der Waals surface area contributed by atoms with E-state index in [1.54, 1.807) is 19.1 Å². The highest BCUT2D eigenvalue weighted by Crippen LogP contribution is 2.20. The number of sulfonamides is 1. The highest BCUT2D eigenvalue weighted by Gasteiger charge is 2.17. The fourth-order valence-corrected chi connectivity index (χ4v) is 3.52. The number of methoxy groups -OCH3 is 1. The molecule has 7 nitrogen and oxygen atoms in total. The highest BCUT2D eigenvalue weighted by molar-refractivity contribution is 7.92. The number of nitrogens with zero attached hydrogens (tertiary/aromatic N) is 1. The van der Waals surface area contributed by atoms with E-state index in [1.165, 1.54) is 49.7 Å². The van der Waals surface area contributed by atoms with E-state index in [4.69, 9.17) is 4.74 Å². The Kier molecular flexibility index (Phi) is 5.79. The summed E-state index contributed by atoms with van der Waals surface area (Å²) in [4.78, 5) is 16.2. The van der Waals surface area contributed by atoms with Crippen LogP contribution in [0.2, 0.25) is 0 Å². The zero-order valence-corrected chi connectivity index (χ0v) is 16.5. The maximum Gasteiger partial charge on any atom is 0.261 e. The molecule has 0 saturated heterocycles. The van der Waals surface area contributed by atoms with Crippen LogP contribution < -0.4 is 14.8 Å². The van der Waals surface area contributed by atoms with Gasteiger partial charge in [0.1, 0.15) is 5.82 Å². The fourth-order valence-electron chi connectivity index (χ4n) is 2.46. The van der Waals surface area contributed by atoms with E-state index in [1.807, 2.05) is 0 Å². The van der Waals surface area contributed by atoms with Crippen molar-refractivity contribution >= 4 is 27.3 Å². The van der Waals surface area contributed by atoms with Crippen molar-refractivity contribution in [2.24, 2.45) is 0 Å². The first-order valence-electron chi connectivity index (χ1n) is 8.49. The molecule has 0 fully saturated rings. The SMILES string of the molecule is COc1ccc(NC(=O)c2cccc(NS(=O)(=O)c3ccc(C)c(F)c3)c2)cn1. The van der Waals surface area contributed by atoms with Crippen LogP contribution in [0.25, 0.3) is 0 Å². The molecule has 1 heterocycles. The van der Waals surface area contributed by atoms with Crippen LogP contribution in [0.5, 0.6) is 5.88 Å². The molecule has 0 aliphatic carbocycles. The second-order valence-electron chi connectivity index (χ2n) is 6.14. The van der Waals surface area contributed by atoms with Crippen molar-refractivity contribution in [2.45, 2.75) is 11.8 Å². The van der Waals surface area contributed by atoms with Gasteiger partial charge in [0.2, 0.25) is 5.88 Å². The molecule has 0 atom stereocenters. The third-order valence-corrected chi connectivity index (χ3v) is 5.41. The lowest BCUT2D eigenvalue weighted by molar-refractivity contribution is 0.102. The molecule has 0 aliphatic rings. The number of benzene rings is 2. The Morgan fingerprint density at radius 3 is 2.52 bits per heavy atom. The summed E-state index contributed by atoms with van der Waals surface area (Å²) < 4.78 is 46.0. The summed E-state index contributed by atoms with van der Waals surface area (Å²) in [6, 6.07) is 12.8. The molecule has 29 heavy (non-hydrogen) atoms. The second kappa shape index (κ2) is 8.27. The van der Waals surface area contributed by atoms with Crippen LogP contribution in [0.15, 0.2) is 65.7 Å². The first kappa shape index (κ1) is 20.3. The molecule has 3 aromatic rings. The summed E-state index contributed by atoms with van der Waals surface area (Å²) >= 11 is 0. The van der Waals surface area contributed by atoms with Gasteiger partial charge in [-0.05, 0) is 48.9 Å². The molecule has 0 aliphatic heterocycles. The number of hydrogen-bond acceptors (Lipinski definition) is 5. The molecule has 1 aromatic heterocycles. The van der Waals surface area contributed by atoms with E-state index in [2.05, 4.69) is 15.0 Å². The minimum atomic E-state index is -4.01. The molecule has 0 bridgehead atoms. The van der Waals surface area contributed by atoms with E-state index in [0.717, 1.165) is 6.07 Å². The normalized spacial score (nSPS) is 11.0. The summed E-state index contributed by atoms with van der Waals surface area (Å²) in [5.41, 5.74) is 1.20. The number of aromatic nitrogens is 1. The lowest BCUT2D eigenvalue weighted by Gasteiger charge is -2.11. The van der Waals surface area contributed by atoms with Gasteiger partial charge in [0.25, 0.3) is 15.9 Å².